The number of carbonyl (C=O) groups is 1. The molecule has 0 radical (unpaired) electrons. The average molecular weight is 429 g/mol. The third-order valence-corrected chi connectivity index (χ3v) is 4.23. The molecule has 0 aliphatic rings. The highest BCUT2D eigenvalue weighted by atomic mass is 35.5. The second-order valence-corrected chi connectivity index (χ2v) is 6.84. The monoisotopic (exact) mass is 428 g/mol. The van der Waals surface area contributed by atoms with E-state index < -0.39 is 5.91 Å². The number of benzene rings is 2. The van der Waals surface area contributed by atoms with Crippen molar-refractivity contribution in [1.82, 2.24) is 4.90 Å². The summed E-state index contributed by atoms with van der Waals surface area (Å²) in [6, 6.07) is 12.1. The van der Waals surface area contributed by atoms with Gasteiger partial charge in [0.15, 0.2) is 5.96 Å². The average Bonchev–Trinajstić information content (AvgIpc) is 2.56. The Morgan fingerprint density at radius 3 is 2.14 bits per heavy atom. The number of hydrogen-bond donors (Lipinski definition) is 2. The predicted molar refractivity (Wildman–Crippen MR) is 121 cm³/mol. The molecule has 0 fully saturated rings. The molecular formula is C20H30Cl2N4O2. The number of fused-ring (bicyclic) bond motifs is 1. The highest BCUT2D eigenvalue weighted by Crippen LogP contribution is 2.22. The fourth-order valence-corrected chi connectivity index (χ4v) is 3.01. The van der Waals surface area contributed by atoms with Crippen molar-refractivity contribution in [2.45, 2.75) is 39.8 Å². The van der Waals surface area contributed by atoms with Gasteiger partial charge >= 0.3 is 0 Å². The van der Waals surface area contributed by atoms with Gasteiger partial charge in [-0.05, 0) is 62.7 Å². The third-order valence-electron chi connectivity index (χ3n) is 4.23. The molecule has 0 atom stereocenters. The molecule has 0 saturated heterocycles. The standard InChI is InChI=1S/C20H28N4O2.2ClH/c1-13(2)24(14(3)4)9-10-26-18-8-7-15-11-17(6-5-16(15)12-18)19(25)23-20(21)22;;/h5-8,11-14H,9-10H2,1-4H3,(H4,21,22,23,25);2*1H. The highest BCUT2D eigenvalue weighted by Gasteiger charge is 2.13. The summed E-state index contributed by atoms with van der Waals surface area (Å²) in [5.41, 5.74) is 11.0. The Balaban J connectivity index is 0.00000364. The number of halogens is 2. The molecular weight excluding hydrogens is 399 g/mol. The lowest BCUT2D eigenvalue weighted by Gasteiger charge is -2.30. The molecule has 6 nitrogen and oxygen atoms in total. The van der Waals surface area contributed by atoms with Crippen LogP contribution in [0.4, 0.5) is 0 Å². The summed E-state index contributed by atoms with van der Waals surface area (Å²) < 4.78 is 5.91. The van der Waals surface area contributed by atoms with Crippen LogP contribution in [0.5, 0.6) is 5.75 Å². The van der Waals surface area contributed by atoms with Gasteiger partial charge in [-0.15, -0.1) is 24.8 Å². The summed E-state index contributed by atoms with van der Waals surface area (Å²) in [6.07, 6.45) is 0. The Hall–Kier alpha value is -2.02. The molecule has 0 aliphatic heterocycles. The minimum absolute atomic E-state index is 0. The summed E-state index contributed by atoms with van der Waals surface area (Å²) in [6.45, 7) is 10.3. The Morgan fingerprint density at radius 2 is 1.57 bits per heavy atom. The summed E-state index contributed by atoms with van der Waals surface area (Å²) in [7, 11) is 0. The van der Waals surface area contributed by atoms with Crippen LogP contribution in [-0.4, -0.2) is 42.0 Å². The summed E-state index contributed by atoms with van der Waals surface area (Å²) >= 11 is 0. The molecule has 0 heterocycles. The van der Waals surface area contributed by atoms with Crippen LogP contribution in [0.25, 0.3) is 10.8 Å². The quantitative estimate of drug-likeness (QED) is 0.518. The van der Waals surface area contributed by atoms with E-state index in [0.29, 0.717) is 24.3 Å². The van der Waals surface area contributed by atoms with Gasteiger partial charge in [0.05, 0.1) is 0 Å². The Morgan fingerprint density at radius 1 is 1.00 bits per heavy atom. The molecule has 0 unspecified atom stereocenters. The zero-order valence-electron chi connectivity index (χ0n) is 16.7. The number of ether oxygens (including phenoxy) is 1. The van der Waals surface area contributed by atoms with Gasteiger partial charge in [0, 0.05) is 24.2 Å². The fraction of sp³-hybridized carbons (Fsp3) is 0.400. The molecule has 8 heteroatoms. The van der Waals surface area contributed by atoms with Crippen LogP contribution < -0.4 is 16.2 Å². The van der Waals surface area contributed by atoms with Crippen LogP contribution in [0.3, 0.4) is 0 Å². The first-order chi connectivity index (χ1) is 12.3. The predicted octanol–water partition coefficient (Wildman–Crippen LogP) is 3.59. The lowest BCUT2D eigenvalue weighted by molar-refractivity contribution is 0.100. The van der Waals surface area contributed by atoms with Crippen molar-refractivity contribution in [3.63, 3.8) is 0 Å². The normalized spacial score (nSPS) is 10.5. The maximum Gasteiger partial charge on any atom is 0.280 e. The van der Waals surface area contributed by atoms with Gasteiger partial charge in [-0.25, -0.2) is 0 Å². The Kier molecular flexibility index (Phi) is 10.9. The van der Waals surface area contributed by atoms with Crippen LogP contribution in [0.2, 0.25) is 0 Å². The maximum atomic E-state index is 11.9. The molecule has 0 bridgehead atoms. The largest absolute Gasteiger partial charge is 0.492 e. The van der Waals surface area contributed by atoms with Crippen LogP contribution in [-0.2, 0) is 0 Å². The van der Waals surface area contributed by atoms with E-state index in [9.17, 15) is 4.79 Å². The van der Waals surface area contributed by atoms with Crippen molar-refractivity contribution in [2.24, 2.45) is 16.5 Å². The van der Waals surface area contributed by atoms with Crippen LogP contribution in [0, 0.1) is 0 Å². The number of rotatable bonds is 7. The molecule has 0 saturated carbocycles. The first kappa shape index (κ1) is 26.0. The minimum atomic E-state index is -0.449. The van der Waals surface area contributed by atoms with Crippen LogP contribution in [0.1, 0.15) is 38.1 Å². The van der Waals surface area contributed by atoms with E-state index in [2.05, 4.69) is 37.6 Å². The number of nitrogens with zero attached hydrogens (tertiary/aromatic N) is 2. The smallest absolute Gasteiger partial charge is 0.280 e. The fourth-order valence-electron chi connectivity index (χ4n) is 3.01. The number of amides is 1. The van der Waals surface area contributed by atoms with E-state index in [4.69, 9.17) is 16.2 Å². The van der Waals surface area contributed by atoms with Crippen molar-refractivity contribution in [3.8, 4) is 5.75 Å². The zero-order valence-corrected chi connectivity index (χ0v) is 18.3. The summed E-state index contributed by atoms with van der Waals surface area (Å²) in [5, 5.41) is 1.92. The lowest BCUT2D eigenvalue weighted by atomic mass is 10.1. The van der Waals surface area contributed by atoms with Gasteiger partial charge in [-0.1, -0.05) is 12.1 Å². The van der Waals surface area contributed by atoms with Crippen molar-refractivity contribution >= 4 is 47.5 Å². The van der Waals surface area contributed by atoms with Crippen molar-refractivity contribution in [1.29, 1.82) is 0 Å². The molecule has 0 spiro atoms. The number of guanidine groups is 1. The van der Waals surface area contributed by atoms with E-state index in [1.165, 1.54) is 0 Å². The number of nitrogens with two attached hydrogens (primary N) is 2. The van der Waals surface area contributed by atoms with E-state index in [0.717, 1.165) is 23.1 Å². The molecule has 156 valence electrons. The topological polar surface area (TPSA) is 93.9 Å². The lowest BCUT2D eigenvalue weighted by Crippen LogP contribution is -2.39. The maximum absolute atomic E-state index is 11.9. The van der Waals surface area contributed by atoms with E-state index in [-0.39, 0.29) is 30.8 Å². The molecule has 4 N–H and O–H groups in total. The Labute approximate surface area is 179 Å². The van der Waals surface area contributed by atoms with Crippen molar-refractivity contribution in [3.05, 3.63) is 42.0 Å². The number of hydrogen-bond acceptors (Lipinski definition) is 3. The van der Waals surface area contributed by atoms with Gasteiger partial charge in [-0.2, -0.15) is 4.99 Å². The zero-order chi connectivity index (χ0) is 19.3. The van der Waals surface area contributed by atoms with Gasteiger partial charge in [0.2, 0.25) is 0 Å². The second-order valence-electron chi connectivity index (χ2n) is 6.84. The summed E-state index contributed by atoms with van der Waals surface area (Å²) in [5.74, 6) is 0.124. The van der Waals surface area contributed by atoms with Gasteiger partial charge in [0.1, 0.15) is 12.4 Å². The molecule has 2 rings (SSSR count). The number of aliphatic imine (C=N–C) groups is 1. The van der Waals surface area contributed by atoms with Gasteiger partial charge in [-0.3, -0.25) is 9.69 Å². The van der Waals surface area contributed by atoms with Crippen LogP contribution in [0.15, 0.2) is 41.4 Å². The molecule has 0 aromatic heterocycles. The molecule has 0 aliphatic carbocycles. The molecule has 1 amide bonds. The molecule has 2 aromatic carbocycles. The first-order valence-corrected chi connectivity index (χ1v) is 8.84. The Bertz CT molecular complexity index is 798. The van der Waals surface area contributed by atoms with E-state index in [1.807, 2.05) is 24.3 Å². The first-order valence-electron chi connectivity index (χ1n) is 8.84. The highest BCUT2D eigenvalue weighted by molar-refractivity contribution is 6.04. The van der Waals surface area contributed by atoms with Gasteiger partial charge < -0.3 is 16.2 Å². The SMILES string of the molecule is CC(C)N(CCOc1ccc2cc(C(=O)N=C(N)N)ccc2c1)C(C)C.Cl.Cl. The summed E-state index contributed by atoms with van der Waals surface area (Å²) in [4.78, 5) is 17.9. The van der Waals surface area contributed by atoms with E-state index >= 15 is 0 Å². The van der Waals surface area contributed by atoms with Crippen molar-refractivity contribution < 1.29 is 9.53 Å². The van der Waals surface area contributed by atoms with E-state index in [1.54, 1.807) is 12.1 Å². The van der Waals surface area contributed by atoms with Crippen LogP contribution >= 0.6 is 24.8 Å². The molecule has 28 heavy (non-hydrogen) atoms. The van der Waals surface area contributed by atoms with Gasteiger partial charge in [0.25, 0.3) is 5.91 Å². The molecule has 2 aromatic rings. The number of carbonyl (C=O) groups excluding carboxylic acids is 1. The third kappa shape index (κ3) is 7.19. The second kappa shape index (κ2) is 11.7. The van der Waals surface area contributed by atoms with Crippen molar-refractivity contribution in [2.75, 3.05) is 13.2 Å². The minimum Gasteiger partial charge on any atom is -0.492 e.